The van der Waals surface area contributed by atoms with Crippen LogP contribution < -0.4 is 0 Å². The summed E-state index contributed by atoms with van der Waals surface area (Å²) in [6, 6.07) is 0. The lowest BCUT2D eigenvalue weighted by Gasteiger charge is -2.13. The van der Waals surface area contributed by atoms with Gasteiger partial charge in [-0.05, 0) is 47.8 Å². The second kappa shape index (κ2) is 6.17. The van der Waals surface area contributed by atoms with E-state index in [4.69, 9.17) is 0 Å². The summed E-state index contributed by atoms with van der Waals surface area (Å²) in [5.74, 6) is 0. The van der Waals surface area contributed by atoms with E-state index in [9.17, 15) is 35.1 Å². The smallest absolute Gasteiger partial charge is 0.187 e. The second-order valence-corrected chi connectivity index (χ2v) is 6.33. The van der Waals surface area contributed by atoms with Gasteiger partial charge in [-0.1, -0.05) is 0 Å². The molecule has 0 N–H and O–H groups in total. The monoisotopic (exact) mass is 564 g/mol. The molecule has 0 rings (SSSR count). The van der Waals surface area contributed by atoms with Crippen LogP contribution in [0.15, 0.2) is 0 Å². The van der Waals surface area contributed by atoms with E-state index in [0.717, 1.165) is 0 Å². The Labute approximate surface area is 123 Å². The minimum atomic E-state index is -4.17. The summed E-state index contributed by atoms with van der Waals surface area (Å²) in [5.41, 5.74) is 0. The van der Waals surface area contributed by atoms with Crippen molar-refractivity contribution in [1.82, 2.24) is 0 Å². The normalized spacial score (nSPS) is 14.2. The van der Waals surface area contributed by atoms with E-state index in [1.165, 1.54) is 47.8 Å². The third-order valence-electron chi connectivity index (χ3n) is 0.643. The Kier molecular flexibility index (Phi) is 7.69. The molecule has 0 spiro atoms. The van der Waals surface area contributed by atoms with Gasteiger partial charge in [0.2, 0.25) is 0 Å². The van der Waals surface area contributed by atoms with Crippen LogP contribution in [-0.2, 0) is 0 Å². The predicted molar refractivity (Wildman–Crippen MR) is 60.6 cm³/mol. The van der Waals surface area contributed by atoms with Crippen LogP contribution in [0.4, 0.5) is 35.1 Å². The largest absolute Gasteiger partial charge is 0.373 e. The van der Waals surface area contributed by atoms with Gasteiger partial charge >= 0.3 is 18.4 Å². The van der Waals surface area contributed by atoms with E-state index < -0.39 is 18.4 Å². The molecule has 0 aromatic heterocycles. The van der Waals surface area contributed by atoms with Crippen LogP contribution in [0.5, 0.6) is 0 Å². The number of hydrogen-bond acceptors (Lipinski definition) is 0. The molecule has 0 fully saturated rings. The van der Waals surface area contributed by atoms with Gasteiger partial charge < -0.3 is 0 Å². The molecule has 0 aromatic carbocycles. The van der Waals surface area contributed by atoms with Gasteiger partial charge in [-0.2, -0.15) is 35.1 Å². The zero-order chi connectivity index (χ0) is 14.0. The highest BCUT2D eigenvalue weighted by atomic mass is 127. The van der Waals surface area contributed by atoms with Crippen LogP contribution in [0.2, 0.25) is 0 Å². The molecule has 0 atom stereocenters. The number of alkyl halides is 12. The highest BCUT2D eigenvalue weighted by molar-refractivity contribution is 14.1. The van der Waals surface area contributed by atoms with Gasteiger partial charge in [0, 0.05) is 22.6 Å². The van der Waals surface area contributed by atoms with Crippen molar-refractivity contribution in [3.8, 4) is 0 Å². The van der Waals surface area contributed by atoms with Gasteiger partial charge in [0.25, 0.3) is 0 Å². The molecule has 0 amide bonds. The fourth-order valence-corrected chi connectivity index (χ4v) is 0. The lowest BCUT2D eigenvalue weighted by atomic mass is 10.8. The maximum Gasteiger partial charge on any atom is 0.373 e. The van der Waals surface area contributed by atoms with Crippen LogP contribution in [-0.4, -0.2) is 18.4 Å². The summed E-state index contributed by atoms with van der Waals surface area (Å²) in [6.07, 6.45) is 0. The number of hydrogen-bond donors (Lipinski definition) is 0. The molecule has 16 heavy (non-hydrogen) atoms. The van der Waals surface area contributed by atoms with Crippen molar-refractivity contribution >= 4 is 70.4 Å². The van der Waals surface area contributed by atoms with E-state index in [-0.39, 0.29) is 0 Å². The van der Waals surface area contributed by atoms with Crippen LogP contribution in [0.25, 0.3) is 0 Å². The SMILES string of the molecule is FC(F)(Br)C(F)(F)Br.FC(F)(Br)C(F)(F)I. The Morgan fingerprint density at radius 2 is 0.688 bits per heavy atom. The highest BCUT2D eigenvalue weighted by Crippen LogP contribution is 2.44. The molecule has 0 saturated carbocycles. The van der Waals surface area contributed by atoms with E-state index in [2.05, 4.69) is 0 Å². The molecule has 0 nitrogen and oxygen atoms in total. The summed E-state index contributed by atoms with van der Waals surface area (Å²) in [6.45, 7) is 0. The minimum absolute atomic E-state index is 0.353. The van der Waals surface area contributed by atoms with Crippen molar-refractivity contribution in [1.29, 1.82) is 0 Å². The quantitative estimate of drug-likeness (QED) is 0.220. The molecule has 12 heteroatoms. The summed E-state index contributed by atoms with van der Waals surface area (Å²) in [5, 5.41) is 0. The Balaban J connectivity index is 0. The fraction of sp³-hybridized carbons (Fsp3) is 1.00. The van der Waals surface area contributed by atoms with Gasteiger partial charge in [0.15, 0.2) is 0 Å². The van der Waals surface area contributed by atoms with E-state index in [0.29, 0.717) is 22.6 Å². The zero-order valence-corrected chi connectivity index (χ0v) is 13.5. The summed E-state index contributed by atoms with van der Waals surface area (Å²) in [4.78, 5) is -12.4. The van der Waals surface area contributed by atoms with Gasteiger partial charge in [0.05, 0.1) is 0 Å². The number of halogens is 12. The van der Waals surface area contributed by atoms with Crippen molar-refractivity contribution in [3.05, 3.63) is 0 Å². The molecular formula is C4Br3F8I. The van der Waals surface area contributed by atoms with Crippen molar-refractivity contribution in [2.75, 3.05) is 0 Å². The minimum Gasteiger partial charge on any atom is -0.187 e. The standard InChI is InChI=1S/C2Br2F4.C2BrF4I/c3-1(5,6)2(4,7)8;3-1(4,5)2(6,7)8. The Hall–Kier alpha value is 1.61. The first kappa shape index (κ1) is 19.9. The molecule has 0 unspecified atom stereocenters. The average molecular weight is 567 g/mol. The van der Waals surface area contributed by atoms with E-state index in [1.54, 1.807) is 0 Å². The lowest BCUT2D eigenvalue weighted by Crippen LogP contribution is -2.27. The topological polar surface area (TPSA) is 0 Å². The summed E-state index contributed by atoms with van der Waals surface area (Å²) >= 11 is 4.80. The molecule has 0 radical (unpaired) electrons. The molecule has 0 aromatic rings. The second-order valence-electron chi connectivity index (χ2n) is 1.99. The first-order valence-corrected chi connectivity index (χ1v) is 6.23. The van der Waals surface area contributed by atoms with Crippen LogP contribution in [0, 0.1) is 0 Å². The van der Waals surface area contributed by atoms with Crippen molar-refractivity contribution in [2.24, 2.45) is 0 Å². The highest BCUT2D eigenvalue weighted by Gasteiger charge is 2.52. The van der Waals surface area contributed by atoms with Crippen LogP contribution >= 0.6 is 70.4 Å². The fourth-order valence-electron chi connectivity index (χ4n) is 0. The zero-order valence-electron chi connectivity index (χ0n) is 6.54. The summed E-state index contributed by atoms with van der Waals surface area (Å²) < 4.78 is 87.0. The average Bonchev–Trinajstić information content (AvgIpc) is 1.77. The molecule has 0 aliphatic rings. The molecular weight excluding hydrogens is 567 g/mol. The van der Waals surface area contributed by atoms with Crippen LogP contribution in [0.1, 0.15) is 0 Å². The van der Waals surface area contributed by atoms with E-state index >= 15 is 0 Å². The van der Waals surface area contributed by atoms with Gasteiger partial charge in [-0.25, -0.2) is 0 Å². The Morgan fingerprint density at radius 1 is 0.562 bits per heavy atom. The maximum atomic E-state index is 11.4. The van der Waals surface area contributed by atoms with Gasteiger partial charge in [-0.15, -0.1) is 0 Å². The molecule has 0 bridgehead atoms. The summed E-state index contributed by atoms with van der Waals surface area (Å²) in [7, 11) is 0. The first-order valence-electron chi connectivity index (χ1n) is 2.77. The van der Waals surface area contributed by atoms with Gasteiger partial charge in [0.1, 0.15) is 0 Å². The third kappa shape index (κ3) is 8.66. The molecule has 0 aliphatic heterocycles. The number of rotatable bonds is 2. The van der Waals surface area contributed by atoms with Crippen LogP contribution in [0.3, 0.4) is 0 Å². The Bertz CT molecular complexity index is 161. The Morgan fingerprint density at radius 3 is 0.688 bits per heavy atom. The lowest BCUT2D eigenvalue weighted by molar-refractivity contribution is -0.0724. The predicted octanol–water partition coefficient (Wildman–Crippen LogP) is 5.96. The van der Waals surface area contributed by atoms with Crippen molar-refractivity contribution in [3.63, 3.8) is 0 Å². The first-order chi connectivity index (χ1) is 6.50. The third-order valence-corrected chi connectivity index (χ3v) is 4.09. The van der Waals surface area contributed by atoms with Gasteiger partial charge in [-0.3, -0.25) is 0 Å². The molecule has 0 heterocycles. The van der Waals surface area contributed by atoms with Crippen molar-refractivity contribution in [2.45, 2.75) is 18.4 Å². The van der Waals surface area contributed by atoms with Crippen molar-refractivity contribution < 1.29 is 35.1 Å². The van der Waals surface area contributed by atoms with E-state index in [1.807, 2.05) is 0 Å². The molecule has 0 aliphatic carbocycles. The molecule has 100 valence electrons. The maximum absolute atomic E-state index is 11.4. The molecule has 0 saturated heterocycles.